The molecule has 4 heteroatoms. The highest BCUT2D eigenvalue weighted by Crippen LogP contribution is 2.22. The fourth-order valence-corrected chi connectivity index (χ4v) is 3.27. The van der Waals surface area contributed by atoms with E-state index in [-0.39, 0.29) is 5.91 Å². The average molecular weight is 287 g/mol. The van der Waals surface area contributed by atoms with Gasteiger partial charge in [-0.1, -0.05) is 0 Å². The Labute approximate surface area is 126 Å². The lowest BCUT2D eigenvalue weighted by Crippen LogP contribution is -2.29. The van der Waals surface area contributed by atoms with Crippen LogP contribution in [-0.4, -0.2) is 31.6 Å². The summed E-state index contributed by atoms with van der Waals surface area (Å²) in [6.07, 6.45) is 6.79. The summed E-state index contributed by atoms with van der Waals surface area (Å²) in [5.74, 6) is 0.111. The summed E-state index contributed by atoms with van der Waals surface area (Å²) < 4.78 is 0. The Morgan fingerprint density at radius 1 is 1.14 bits per heavy atom. The Morgan fingerprint density at radius 3 is 2.57 bits per heavy atom. The topological polar surface area (TPSA) is 44.4 Å². The Morgan fingerprint density at radius 2 is 1.90 bits per heavy atom. The van der Waals surface area contributed by atoms with Crippen molar-refractivity contribution in [1.29, 1.82) is 0 Å². The zero-order valence-electron chi connectivity index (χ0n) is 12.6. The lowest BCUT2D eigenvalue weighted by Gasteiger charge is -2.28. The zero-order chi connectivity index (χ0) is 14.5. The molecule has 0 radical (unpaired) electrons. The van der Waals surface area contributed by atoms with Crippen LogP contribution < -0.4 is 15.5 Å². The summed E-state index contributed by atoms with van der Waals surface area (Å²) in [6, 6.07) is 8.63. The number of benzene rings is 1. The van der Waals surface area contributed by atoms with Crippen LogP contribution in [-0.2, 0) is 4.79 Å². The number of piperidine rings is 1. The molecule has 0 aliphatic carbocycles. The second kappa shape index (κ2) is 6.94. The Bertz CT molecular complexity index is 459. The first kappa shape index (κ1) is 14.4. The third-order valence-electron chi connectivity index (χ3n) is 4.47. The molecule has 0 spiro atoms. The molecule has 2 N–H and O–H groups in total. The van der Waals surface area contributed by atoms with Gasteiger partial charge in [-0.3, -0.25) is 4.79 Å². The Hall–Kier alpha value is -1.55. The second-order valence-corrected chi connectivity index (χ2v) is 6.14. The van der Waals surface area contributed by atoms with E-state index in [1.165, 1.54) is 31.4 Å². The Kier molecular flexibility index (Phi) is 4.76. The number of rotatable bonds is 4. The van der Waals surface area contributed by atoms with E-state index >= 15 is 0 Å². The van der Waals surface area contributed by atoms with Gasteiger partial charge in [0.2, 0.25) is 5.91 Å². The number of carbonyl (C=O) groups excluding carboxylic acids is 1. The molecule has 114 valence electrons. The predicted octanol–water partition coefficient (Wildman–Crippen LogP) is 2.76. The number of carbonyl (C=O) groups is 1. The van der Waals surface area contributed by atoms with Gasteiger partial charge in [0.15, 0.2) is 0 Å². The summed E-state index contributed by atoms with van der Waals surface area (Å²) in [4.78, 5) is 14.4. The van der Waals surface area contributed by atoms with Crippen molar-refractivity contribution >= 4 is 17.3 Å². The first-order valence-corrected chi connectivity index (χ1v) is 8.19. The van der Waals surface area contributed by atoms with E-state index in [0.717, 1.165) is 31.7 Å². The van der Waals surface area contributed by atoms with Crippen LogP contribution in [0, 0.1) is 0 Å². The summed E-state index contributed by atoms with van der Waals surface area (Å²) >= 11 is 0. The van der Waals surface area contributed by atoms with Crippen LogP contribution >= 0.6 is 0 Å². The van der Waals surface area contributed by atoms with E-state index in [1.807, 2.05) is 12.1 Å². The van der Waals surface area contributed by atoms with E-state index in [1.54, 1.807) is 0 Å². The number of nitrogens with zero attached hydrogens (tertiary/aromatic N) is 1. The maximum Gasteiger partial charge on any atom is 0.225 e. The Balaban J connectivity index is 1.52. The minimum Gasteiger partial charge on any atom is -0.372 e. The van der Waals surface area contributed by atoms with Crippen LogP contribution in [0.4, 0.5) is 11.4 Å². The van der Waals surface area contributed by atoms with Crippen molar-refractivity contribution in [2.75, 3.05) is 29.9 Å². The maximum atomic E-state index is 12.0. The van der Waals surface area contributed by atoms with Crippen LogP contribution in [0.15, 0.2) is 24.3 Å². The normalized spacial score (nSPS) is 22.3. The summed E-state index contributed by atoms with van der Waals surface area (Å²) in [7, 11) is 0. The van der Waals surface area contributed by atoms with Crippen LogP contribution in [0.2, 0.25) is 0 Å². The van der Waals surface area contributed by atoms with Crippen LogP contribution in [0.25, 0.3) is 0 Å². The molecule has 1 atom stereocenters. The summed E-state index contributed by atoms with van der Waals surface area (Å²) in [5.41, 5.74) is 2.17. The molecule has 0 saturated carbocycles. The van der Waals surface area contributed by atoms with Gasteiger partial charge < -0.3 is 15.5 Å². The summed E-state index contributed by atoms with van der Waals surface area (Å²) in [6.45, 7) is 3.35. The molecule has 1 aromatic rings. The van der Waals surface area contributed by atoms with Gasteiger partial charge in [-0.05, 0) is 62.9 Å². The van der Waals surface area contributed by atoms with Gasteiger partial charge >= 0.3 is 0 Å². The molecule has 2 aliphatic rings. The fraction of sp³-hybridized carbons (Fsp3) is 0.588. The molecule has 2 saturated heterocycles. The van der Waals surface area contributed by atoms with Crippen molar-refractivity contribution in [2.24, 2.45) is 0 Å². The summed E-state index contributed by atoms with van der Waals surface area (Å²) in [5, 5.41) is 6.36. The minimum absolute atomic E-state index is 0.111. The molecule has 4 nitrogen and oxygen atoms in total. The van der Waals surface area contributed by atoms with Gasteiger partial charge in [0.1, 0.15) is 0 Å². The fourth-order valence-electron chi connectivity index (χ4n) is 3.27. The van der Waals surface area contributed by atoms with Crippen LogP contribution in [0.1, 0.15) is 38.5 Å². The van der Waals surface area contributed by atoms with E-state index in [2.05, 4.69) is 27.7 Å². The molecule has 3 rings (SSSR count). The van der Waals surface area contributed by atoms with Gasteiger partial charge in [0.05, 0.1) is 0 Å². The molecule has 2 fully saturated rings. The van der Waals surface area contributed by atoms with Gasteiger partial charge in [-0.25, -0.2) is 0 Å². The van der Waals surface area contributed by atoms with Crippen molar-refractivity contribution in [1.82, 2.24) is 5.32 Å². The number of nitrogens with one attached hydrogen (secondary N) is 2. The quantitative estimate of drug-likeness (QED) is 0.895. The molecular weight excluding hydrogens is 262 g/mol. The SMILES string of the molecule is O=C(CC1CCCN1)Nc1ccc(N2CCCCC2)cc1. The molecule has 2 aliphatic heterocycles. The molecule has 0 bridgehead atoms. The number of hydrogen-bond donors (Lipinski definition) is 2. The molecule has 1 aromatic carbocycles. The average Bonchev–Trinajstić information content (AvgIpc) is 3.02. The smallest absolute Gasteiger partial charge is 0.225 e. The molecular formula is C17H25N3O. The lowest BCUT2D eigenvalue weighted by atomic mass is 10.1. The minimum atomic E-state index is 0.111. The highest BCUT2D eigenvalue weighted by atomic mass is 16.1. The van der Waals surface area contributed by atoms with Crippen LogP contribution in [0.5, 0.6) is 0 Å². The van der Waals surface area contributed by atoms with Crippen LogP contribution in [0.3, 0.4) is 0 Å². The van der Waals surface area contributed by atoms with Crippen molar-refractivity contribution in [3.63, 3.8) is 0 Å². The second-order valence-electron chi connectivity index (χ2n) is 6.14. The first-order chi connectivity index (χ1) is 10.3. The largest absolute Gasteiger partial charge is 0.372 e. The number of amides is 1. The molecule has 1 unspecified atom stereocenters. The molecule has 2 heterocycles. The molecule has 1 amide bonds. The van der Waals surface area contributed by atoms with E-state index in [9.17, 15) is 4.79 Å². The maximum absolute atomic E-state index is 12.0. The van der Waals surface area contributed by atoms with Gasteiger partial charge in [-0.15, -0.1) is 0 Å². The van der Waals surface area contributed by atoms with E-state index in [4.69, 9.17) is 0 Å². The molecule has 0 aromatic heterocycles. The first-order valence-electron chi connectivity index (χ1n) is 8.19. The highest BCUT2D eigenvalue weighted by molar-refractivity contribution is 5.91. The lowest BCUT2D eigenvalue weighted by molar-refractivity contribution is -0.116. The van der Waals surface area contributed by atoms with Gasteiger partial charge in [0, 0.05) is 36.9 Å². The van der Waals surface area contributed by atoms with E-state index in [0.29, 0.717) is 12.5 Å². The van der Waals surface area contributed by atoms with Crippen molar-refractivity contribution in [2.45, 2.75) is 44.6 Å². The molecule has 21 heavy (non-hydrogen) atoms. The van der Waals surface area contributed by atoms with Crippen molar-refractivity contribution < 1.29 is 4.79 Å². The number of anilines is 2. The van der Waals surface area contributed by atoms with Crippen molar-refractivity contribution in [3.8, 4) is 0 Å². The highest BCUT2D eigenvalue weighted by Gasteiger charge is 2.17. The standard InChI is InChI=1S/C17H25N3O/c21-17(13-15-5-4-10-18-15)19-14-6-8-16(9-7-14)20-11-2-1-3-12-20/h6-9,15,18H,1-5,10-13H2,(H,19,21). The number of hydrogen-bond acceptors (Lipinski definition) is 3. The van der Waals surface area contributed by atoms with Gasteiger partial charge in [0.25, 0.3) is 0 Å². The predicted molar refractivity (Wildman–Crippen MR) is 86.8 cm³/mol. The third-order valence-corrected chi connectivity index (χ3v) is 4.47. The monoisotopic (exact) mass is 287 g/mol. The van der Waals surface area contributed by atoms with E-state index < -0.39 is 0 Å². The van der Waals surface area contributed by atoms with Crippen molar-refractivity contribution in [3.05, 3.63) is 24.3 Å². The third kappa shape index (κ3) is 3.97. The van der Waals surface area contributed by atoms with Gasteiger partial charge in [-0.2, -0.15) is 0 Å². The zero-order valence-corrected chi connectivity index (χ0v) is 12.6.